The first kappa shape index (κ1) is 19.3. The highest BCUT2D eigenvalue weighted by Gasteiger charge is 2.34. The summed E-state index contributed by atoms with van der Waals surface area (Å²) >= 11 is 0. The zero-order chi connectivity index (χ0) is 16.1. The second-order valence-corrected chi connectivity index (χ2v) is 7.42. The van der Waals surface area contributed by atoms with E-state index in [1.54, 1.807) is 0 Å². The second kappa shape index (κ2) is 9.43. The summed E-state index contributed by atoms with van der Waals surface area (Å²) in [6, 6.07) is 12.1. The summed E-state index contributed by atoms with van der Waals surface area (Å²) in [6.07, 6.45) is 8.78. The molecule has 1 aromatic rings. The van der Waals surface area contributed by atoms with Crippen molar-refractivity contribution in [3.63, 3.8) is 0 Å². The Morgan fingerprint density at radius 3 is 2.50 bits per heavy atom. The normalized spacial score (nSPS) is 26.5. The van der Waals surface area contributed by atoms with Gasteiger partial charge in [-0.05, 0) is 50.0 Å². The molecule has 3 unspecified atom stereocenters. The van der Waals surface area contributed by atoms with Crippen LogP contribution in [0.4, 0.5) is 0 Å². The van der Waals surface area contributed by atoms with Crippen LogP contribution in [-0.4, -0.2) is 24.0 Å². The Labute approximate surface area is 152 Å². The minimum absolute atomic E-state index is 0. The molecular formula is C20H31ClN2O. The van der Waals surface area contributed by atoms with Gasteiger partial charge in [0, 0.05) is 24.5 Å². The van der Waals surface area contributed by atoms with Crippen molar-refractivity contribution >= 4 is 18.3 Å². The van der Waals surface area contributed by atoms with Crippen molar-refractivity contribution in [1.82, 2.24) is 10.6 Å². The van der Waals surface area contributed by atoms with Gasteiger partial charge in [-0.3, -0.25) is 4.79 Å². The molecule has 1 aromatic carbocycles. The minimum atomic E-state index is 0. The van der Waals surface area contributed by atoms with E-state index in [2.05, 4.69) is 41.8 Å². The maximum Gasteiger partial charge on any atom is 0.220 e. The Bertz CT molecular complexity index is 496. The highest BCUT2D eigenvalue weighted by Crippen LogP contribution is 2.32. The van der Waals surface area contributed by atoms with Crippen LogP contribution in [-0.2, 0) is 11.2 Å². The van der Waals surface area contributed by atoms with Crippen LogP contribution >= 0.6 is 12.4 Å². The Kier molecular flexibility index (Phi) is 7.57. The smallest absolute Gasteiger partial charge is 0.220 e. The average Bonchev–Trinajstić information content (AvgIpc) is 2.87. The van der Waals surface area contributed by atoms with Crippen LogP contribution < -0.4 is 10.6 Å². The van der Waals surface area contributed by atoms with E-state index >= 15 is 0 Å². The third kappa shape index (κ3) is 5.49. The number of fused-ring (bicyclic) bond motifs is 2. The number of rotatable bonds is 7. The van der Waals surface area contributed by atoms with Crippen molar-refractivity contribution in [1.29, 1.82) is 0 Å². The van der Waals surface area contributed by atoms with Gasteiger partial charge in [0.1, 0.15) is 0 Å². The molecule has 0 aliphatic carbocycles. The van der Waals surface area contributed by atoms with Crippen LogP contribution in [0.15, 0.2) is 30.3 Å². The van der Waals surface area contributed by atoms with E-state index in [4.69, 9.17) is 0 Å². The third-order valence-corrected chi connectivity index (χ3v) is 5.37. The van der Waals surface area contributed by atoms with E-state index in [0.717, 1.165) is 19.3 Å². The standard InChI is InChI=1S/C20H30N2O.ClH/c1-2-6-17(11-15-7-4-3-5-8-15)22-20(23)14-16-12-18-9-10-19(13-16)21-18;/h3-5,7-8,16-19,21H,2,6,9-14H2,1H3,(H,22,23);1H. The van der Waals surface area contributed by atoms with E-state index in [1.165, 1.54) is 31.2 Å². The molecule has 2 saturated heterocycles. The third-order valence-electron chi connectivity index (χ3n) is 5.37. The lowest BCUT2D eigenvalue weighted by molar-refractivity contribution is -0.123. The summed E-state index contributed by atoms with van der Waals surface area (Å²) in [6.45, 7) is 2.19. The van der Waals surface area contributed by atoms with Gasteiger partial charge >= 0.3 is 0 Å². The maximum atomic E-state index is 12.5. The zero-order valence-electron chi connectivity index (χ0n) is 14.7. The number of amides is 1. The molecule has 4 heteroatoms. The highest BCUT2D eigenvalue weighted by molar-refractivity contribution is 5.85. The van der Waals surface area contributed by atoms with Crippen molar-refractivity contribution < 1.29 is 4.79 Å². The first-order chi connectivity index (χ1) is 11.2. The van der Waals surface area contributed by atoms with Gasteiger partial charge in [0.2, 0.25) is 5.91 Å². The Hall–Kier alpha value is -1.06. The highest BCUT2D eigenvalue weighted by atomic mass is 35.5. The largest absolute Gasteiger partial charge is 0.353 e. The first-order valence-electron chi connectivity index (χ1n) is 9.32. The molecule has 1 amide bonds. The molecule has 2 N–H and O–H groups in total. The number of carbonyl (C=O) groups excluding carboxylic acids is 1. The molecule has 2 bridgehead atoms. The number of hydrogen-bond donors (Lipinski definition) is 2. The molecule has 2 heterocycles. The predicted molar refractivity (Wildman–Crippen MR) is 102 cm³/mol. The second-order valence-electron chi connectivity index (χ2n) is 7.42. The maximum absolute atomic E-state index is 12.5. The number of hydrogen-bond acceptors (Lipinski definition) is 2. The SMILES string of the molecule is CCCC(Cc1ccccc1)NC(=O)CC1CC2CCC(C1)N2.Cl. The van der Waals surface area contributed by atoms with Crippen LogP contribution in [0.2, 0.25) is 0 Å². The molecule has 0 aromatic heterocycles. The average molecular weight is 351 g/mol. The molecule has 0 spiro atoms. The van der Waals surface area contributed by atoms with Crippen molar-refractivity contribution in [2.24, 2.45) is 5.92 Å². The van der Waals surface area contributed by atoms with Crippen LogP contribution in [0.1, 0.15) is 57.4 Å². The predicted octanol–water partition coefficient (Wildman–Crippen LogP) is 3.86. The lowest BCUT2D eigenvalue weighted by Gasteiger charge is -2.29. The van der Waals surface area contributed by atoms with Crippen molar-refractivity contribution in [3.05, 3.63) is 35.9 Å². The summed E-state index contributed by atoms with van der Waals surface area (Å²) < 4.78 is 0. The van der Waals surface area contributed by atoms with Gasteiger partial charge in [-0.2, -0.15) is 0 Å². The zero-order valence-corrected chi connectivity index (χ0v) is 15.5. The van der Waals surface area contributed by atoms with Gasteiger partial charge in [-0.1, -0.05) is 43.7 Å². The fourth-order valence-corrected chi connectivity index (χ4v) is 4.36. The van der Waals surface area contributed by atoms with Crippen molar-refractivity contribution in [2.75, 3.05) is 0 Å². The number of piperidine rings is 1. The van der Waals surface area contributed by atoms with Crippen LogP contribution in [0.3, 0.4) is 0 Å². The number of nitrogens with one attached hydrogen (secondary N) is 2. The number of benzene rings is 1. The van der Waals surface area contributed by atoms with Crippen molar-refractivity contribution in [3.8, 4) is 0 Å². The number of halogens is 1. The lowest BCUT2D eigenvalue weighted by Crippen LogP contribution is -2.41. The minimum Gasteiger partial charge on any atom is -0.353 e. The molecule has 134 valence electrons. The van der Waals surface area contributed by atoms with Gasteiger partial charge in [0.25, 0.3) is 0 Å². The molecule has 0 saturated carbocycles. The van der Waals surface area contributed by atoms with Gasteiger partial charge < -0.3 is 10.6 Å². The van der Waals surface area contributed by atoms with Crippen LogP contribution in [0.5, 0.6) is 0 Å². The molecular weight excluding hydrogens is 320 g/mol. The molecule has 2 aliphatic rings. The molecule has 24 heavy (non-hydrogen) atoms. The Morgan fingerprint density at radius 2 is 1.88 bits per heavy atom. The van der Waals surface area contributed by atoms with E-state index in [1.807, 2.05) is 6.07 Å². The van der Waals surface area contributed by atoms with E-state index < -0.39 is 0 Å². The van der Waals surface area contributed by atoms with E-state index in [9.17, 15) is 4.79 Å². The van der Waals surface area contributed by atoms with Crippen LogP contribution in [0.25, 0.3) is 0 Å². The molecule has 3 nitrogen and oxygen atoms in total. The van der Waals surface area contributed by atoms with E-state index in [0.29, 0.717) is 24.4 Å². The summed E-state index contributed by atoms with van der Waals surface area (Å²) in [4.78, 5) is 12.5. The van der Waals surface area contributed by atoms with Crippen molar-refractivity contribution in [2.45, 2.75) is 76.4 Å². The molecule has 2 aliphatic heterocycles. The molecule has 0 radical (unpaired) electrons. The quantitative estimate of drug-likeness (QED) is 0.784. The molecule has 3 rings (SSSR count). The van der Waals surface area contributed by atoms with Crippen LogP contribution in [0, 0.1) is 5.92 Å². The topological polar surface area (TPSA) is 41.1 Å². The Morgan fingerprint density at radius 1 is 1.21 bits per heavy atom. The summed E-state index contributed by atoms with van der Waals surface area (Å²) in [5, 5.41) is 6.96. The number of carbonyl (C=O) groups is 1. The first-order valence-corrected chi connectivity index (χ1v) is 9.32. The molecule has 3 atom stereocenters. The van der Waals surface area contributed by atoms with Gasteiger partial charge in [-0.25, -0.2) is 0 Å². The monoisotopic (exact) mass is 350 g/mol. The lowest BCUT2D eigenvalue weighted by atomic mass is 9.89. The van der Waals surface area contributed by atoms with Gasteiger partial charge in [-0.15, -0.1) is 12.4 Å². The van der Waals surface area contributed by atoms with E-state index in [-0.39, 0.29) is 24.4 Å². The fourth-order valence-electron chi connectivity index (χ4n) is 4.36. The Balaban J connectivity index is 0.00000208. The fraction of sp³-hybridized carbons (Fsp3) is 0.650. The molecule has 2 fully saturated rings. The van der Waals surface area contributed by atoms with Gasteiger partial charge in [0.05, 0.1) is 0 Å². The summed E-state index contributed by atoms with van der Waals surface area (Å²) in [5.41, 5.74) is 1.31. The summed E-state index contributed by atoms with van der Waals surface area (Å²) in [5.74, 6) is 0.832. The summed E-state index contributed by atoms with van der Waals surface area (Å²) in [7, 11) is 0. The van der Waals surface area contributed by atoms with Gasteiger partial charge in [0.15, 0.2) is 0 Å².